The molecule has 144 valence electrons. The highest BCUT2D eigenvalue weighted by Crippen LogP contribution is 2.29. The van der Waals surface area contributed by atoms with Crippen molar-refractivity contribution in [2.45, 2.75) is 13.2 Å². The number of para-hydroxylation sites is 1. The van der Waals surface area contributed by atoms with Crippen molar-refractivity contribution in [1.82, 2.24) is 5.43 Å². The molecule has 2 N–H and O–H groups in total. The van der Waals surface area contributed by atoms with Gasteiger partial charge in [-0.25, -0.2) is 5.43 Å². The molecule has 7 heteroatoms. The highest BCUT2D eigenvalue weighted by molar-refractivity contribution is 5.44. The van der Waals surface area contributed by atoms with Crippen LogP contribution in [0.3, 0.4) is 0 Å². The van der Waals surface area contributed by atoms with Gasteiger partial charge in [0.25, 0.3) is 5.69 Å². The van der Waals surface area contributed by atoms with E-state index in [2.05, 4.69) is 10.9 Å². The number of non-ortho nitro benzene ring substituents is 1. The number of nitrogens with one attached hydrogen (secondary N) is 2. The lowest BCUT2D eigenvalue weighted by atomic mass is 10.2. The van der Waals surface area contributed by atoms with Crippen molar-refractivity contribution >= 4 is 11.4 Å². The molecule has 28 heavy (non-hydrogen) atoms. The summed E-state index contributed by atoms with van der Waals surface area (Å²) in [6.07, 6.45) is 0. The molecular weight excluding hydrogens is 358 g/mol. The maximum Gasteiger partial charge on any atom is 0.269 e. The maximum absolute atomic E-state index is 10.7. The molecule has 0 heterocycles. The highest BCUT2D eigenvalue weighted by atomic mass is 16.6. The van der Waals surface area contributed by atoms with Crippen molar-refractivity contribution in [3.05, 3.63) is 94.0 Å². The Bertz CT molecular complexity index is 915. The van der Waals surface area contributed by atoms with Crippen LogP contribution in [-0.4, -0.2) is 12.0 Å². The number of hydrazine groups is 1. The Balaban J connectivity index is 1.57. The van der Waals surface area contributed by atoms with Crippen LogP contribution in [0.15, 0.2) is 72.8 Å². The van der Waals surface area contributed by atoms with Crippen LogP contribution < -0.4 is 20.3 Å². The molecule has 0 aliphatic heterocycles. The second-order valence-corrected chi connectivity index (χ2v) is 6.04. The summed E-state index contributed by atoms with van der Waals surface area (Å²) in [7, 11) is 1.59. The molecule has 3 aromatic rings. The number of anilines is 1. The molecule has 0 aliphatic carbocycles. The molecule has 0 amide bonds. The van der Waals surface area contributed by atoms with Crippen molar-refractivity contribution in [2.75, 3.05) is 12.5 Å². The van der Waals surface area contributed by atoms with Gasteiger partial charge in [-0.15, -0.1) is 0 Å². The van der Waals surface area contributed by atoms with Gasteiger partial charge in [0.15, 0.2) is 11.5 Å². The average molecular weight is 379 g/mol. The van der Waals surface area contributed by atoms with Crippen LogP contribution in [0, 0.1) is 10.1 Å². The molecule has 0 unspecified atom stereocenters. The summed E-state index contributed by atoms with van der Waals surface area (Å²) in [6.45, 7) is 0.898. The van der Waals surface area contributed by atoms with Gasteiger partial charge in [0.05, 0.1) is 12.0 Å². The van der Waals surface area contributed by atoms with Gasteiger partial charge in [-0.05, 0) is 47.5 Å². The van der Waals surface area contributed by atoms with Crippen LogP contribution in [0.25, 0.3) is 0 Å². The summed E-state index contributed by atoms with van der Waals surface area (Å²) < 4.78 is 11.2. The fourth-order valence-electron chi connectivity index (χ4n) is 2.59. The third kappa shape index (κ3) is 5.21. The second kappa shape index (κ2) is 9.38. The summed E-state index contributed by atoms with van der Waals surface area (Å²) in [6, 6.07) is 21.8. The number of nitro benzene ring substituents is 1. The van der Waals surface area contributed by atoms with E-state index in [0.29, 0.717) is 24.7 Å². The number of hydrogen-bond acceptors (Lipinski definition) is 6. The molecule has 0 bridgehead atoms. The minimum Gasteiger partial charge on any atom is -0.493 e. The Morgan fingerprint density at radius 2 is 1.64 bits per heavy atom. The predicted octanol–water partition coefficient (Wildman–Crippen LogP) is 4.30. The largest absolute Gasteiger partial charge is 0.493 e. The van der Waals surface area contributed by atoms with Crippen LogP contribution in [0.5, 0.6) is 11.5 Å². The van der Waals surface area contributed by atoms with E-state index in [0.717, 1.165) is 16.8 Å². The SMILES string of the molecule is COc1cc(CNNc2ccccc2)ccc1OCc1ccc([N+](=O)[O-])cc1. The van der Waals surface area contributed by atoms with E-state index in [-0.39, 0.29) is 5.69 Å². The Labute approximate surface area is 163 Å². The zero-order valence-electron chi connectivity index (χ0n) is 15.4. The zero-order chi connectivity index (χ0) is 19.8. The Kier molecular flexibility index (Phi) is 6.43. The van der Waals surface area contributed by atoms with Crippen molar-refractivity contribution in [2.24, 2.45) is 0 Å². The van der Waals surface area contributed by atoms with Crippen LogP contribution in [0.4, 0.5) is 11.4 Å². The van der Waals surface area contributed by atoms with Gasteiger partial charge in [0.1, 0.15) is 6.61 Å². The van der Waals surface area contributed by atoms with Crippen LogP contribution >= 0.6 is 0 Å². The maximum atomic E-state index is 10.7. The fraction of sp³-hybridized carbons (Fsp3) is 0.143. The number of hydrogen-bond donors (Lipinski definition) is 2. The molecule has 3 aromatic carbocycles. The smallest absolute Gasteiger partial charge is 0.269 e. The molecule has 0 aliphatic rings. The third-order valence-corrected chi connectivity index (χ3v) is 4.07. The summed E-state index contributed by atoms with van der Waals surface area (Å²) in [4.78, 5) is 10.3. The fourth-order valence-corrected chi connectivity index (χ4v) is 2.59. The minimum atomic E-state index is -0.424. The summed E-state index contributed by atoms with van der Waals surface area (Å²) >= 11 is 0. The molecule has 0 saturated carbocycles. The molecule has 3 rings (SSSR count). The van der Waals surface area contributed by atoms with Crippen LogP contribution in [0.1, 0.15) is 11.1 Å². The monoisotopic (exact) mass is 379 g/mol. The van der Waals surface area contributed by atoms with E-state index < -0.39 is 4.92 Å². The zero-order valence-corrected chi connectivity index (χ0v) is 15.4. The Morgan fingerprint density at radius 1 is 0.929 bits per heavy atom. The molecule has 0 atom stereocenters. The predicted molar refractivity (Wildman–Crippen MR) is 107 cm³/mol. The van der Waals surface area contributed by atoms with Gasteiger partial charge in [-0.2, -0.15) is 0 Å². The topological polar surface area (TPSA) is 85.7 Å². The average Bonchev–Trinajstić information content (AvgIpc) is 2.73. The minimum absolute atomic E-state index is 0.0577. The number of rotatable bonds is 9. The van der Waals surface area contributed by atoms with Crippen molar-refractivity contribution in [3.63, 3.8) is 0 Å². The Hall–Kier alpha value is -3.58. The molecule has 0 fully saturated rings. The van der Waals surface area contributed by atoms with Gasteiger partial charge in [-0.3, -0.25) is 10.1 Å². The lowest BCUT2D eigenvalue weighted by Crippen LogP contribution is -2.20. The molecule has 0 aromatic heterocycles. The lowest BCUT2D eigenvalue weighted by Gasteiger charge is -2.13. The van der Waals surface area contributed by atoms with E-state index in [1.165, 1.54) is 12.1 Å². The standard InChI is InChI=1S/C21H21N3O4/c1-27-21-13-17(14-22-23-18-5-3-2-4-6-18)9-12-20(21)28-15-16-7-10-19(11-8-16)24(25)26/h2-13,22-23H,14-15H2,1H3. The molecule has 0 radical (unpaired) electrons. The Morgan fingerprint density at radius 3 is 2.32 bits per heavy atom. The number of nitrogens with zero attached hydrogens (tertiary/aromatic N) is 1. The molecule has 7 nitrogen and oxygen atoms in total. The highest BCUT2D eigenvalue weighted by Gasteiger charge is 2.08. The van der Waals surface area contributed by atoms with Gasteiger partial charge < -0.3 is 14.9 Å². The van der Waals surface area contributed by atoms with Crippen molar-refractivity contribution in [3.8, 4) is 11.5 Å². The number of ether oxygens (including phenoxy) is 2. The van der Waals surface area contributed by atoms with Crippen LogP contribution in [-0.2, 0) is 13.2 Å². The summed E-state index contributed by atoms with van der Waals surface area (Å²) in [5.74, 6) is 1.24. The van der Waals surface area contributed by atoms with Gasteiger partial charge in [0.2, 0.25) is 0 Å². The number of nitro groups is 1. The first-order chi connectivity index (χ1) is 13.7. The summed E-state index contributed by atoms with van der Waals surface area (Å²) in [5.41, 5.74) is 9.20. The first kappa shape index (κ1) is 19.2. The normalized spacial score (nSPS) is 10.3. The first-order valence-electron chi connectivity index (χ1n) is 8.72. The quantitative estimate of drug-likeness (QED) is 0.426. The molecular formula is C21H21N3O4. The van der Waals surface area contributed by atoms with Gasteiger partial charge >= 0.3 is 0 Å². The van der Waals surface area contributed by atoms with E-state index >= 15 is 0 Å². The van der Waals surface area contributed by atoms with E-state index in [1.807, 2.05) is 48.5 Å². The van der Waals surface area contributed by atoms with Crippen molar-refractivity contribution < 1.29 is 14.4 Å². The summed E-state index contributed by atoms with van der Waals surface area (Å²) in [5, 5.41) is 10.7. The van der Waals surface area contributed by atoms with Gasteiger partial charge in [-0.1, -0.05) is 24.3 Å². The van der Waals surface area contributed by atoms with Crippen molar-refractivity contribution in [1.29, 1.82) is 0 Å². The lowest BCUT2D eigenvalue weighted by molar-refractivity contribution is -0.384. The van der Waals surface area contributed by atoms with E-state index in [9.17, 15) is 10.1 Å². The van der Waals surface area contributed by atoms with E-state index in [1.54, 1.807) is 19.2 Å². The second-order valence-electron chi connectivity index (χ2n) is 6.04. The number of methoxy groups -OCH3 is 1. The molecule has 0 spiro atoms. The van der Waals surface area contributed by atoms with Gasteiger partial charge in [0, 0.05) is 24.4 Å². The first-order valence-corrected chi connectivity index (χ1v) is 8.72. The number of benzene rings is 3. The molecule has 0 saturated heterocycles. The van der Waals surface area contributed by atoms with E-state index in [4.69, 9.17) is 9.47 Å². The van der Waals surface area contributed by atoms with Crippen LogP contribution in [0.2, 0.25) is 0 Å². The third-order valence-electron chi connectivity index (χ3n) is 4.07.